The summed E-state index contributed by atoms with van der Waals surface area (Å²) in [6.45, 7) is 1.79. The van der Waals surface area contributed by atoms with Gasteiger partial charge in [-0.15, -0.1) is 0 Å². The molecule has 10 heteroatoms. The molecule has 10 nitrogen and oxygen atoms in total. The third-order valence-electron chi connectivity index (χ3n) is 5.28. The zero-order chi connectivity index (χ0) is 25.7. The van der Waals surface area contributed by atoms with Gasteiger partial charge in [0, 0.05) is 11.6 Å². The molecule has 36 heavy (non-hydrogen) atoms. The van der Waals surface area contributed by atoms with E-state index in [4.69, 9.17) is 9.47 Å². The minimum Gasteiger partial charge on any atom is -0.490 e. The standard InChI is InChI=1S/C26H20N4O6/c1-2-35-23-14-17(12-21-25(31)28-29(26(21)32)20-10-4-3-5-11-20)13-22(30(33)34)24(23)36-16-19-9-7-6-8-18(19)15-27/h3-14H,2,16H2,1H3,(H,28,31)/b21-12-. The number of nitriles is 1. The zero-order valence-corrected chi connectivity index (χ0v) is 19.1. The number of nitro benzene ring substituents is 1. The Morgan fingerprint density at radius 1 is 1.08 bits per heavy atom. The van der Waals surface area contributed by atoms with Crippen LogP contribution in [0.15, 0.2) is 72.3 Å². The number of nitrogens with one attached hydrogen (secondary N) is 1. The van der Waals surface area contributed by atoms with Crippen molar-refractivity contribution in [2.45, 2.75) is 13.5 Å². The van der Waals surface area contributed by atoms with E-state index in [2.05, 4.69) is 11.5 Å². The second-order valence-electron chi connectivity index (χ2n) is 7.59. The van der Waals surface area contributed by atoms with Crippen LogP contribution in [0.3, 0.4) is 0 Å². The number of benzene rings is 3. The predicted octanol–water partition coefficient (Wildman–Crippen LogP) is 3.91. The van der Waals surface area contributed by atoms with Crippen molar-refractivity contribution in [1.29, 1.82) is 5.26 Å². The Labute approximate surface area is 206 Å². The Morgan fingerprint density at radius 3 is 2.50 bits per heavy atom. The summed E-state index contributed by atoms with van der Waals surface area (Å²) in [6.07, 6.45) is 1.27. The molecular formula is C26H20N4O6. The molecule has 1 N–H and O–H groups in total. The Morgan fingerprint density at radius 2 is 1.81 bits per heavy atom. The minimum atomic E-state index is -0.641. The first-order valence-corrected chi connectivity index (χ1v) is 10.9. The summed E-state index contributed by atoms with van der Waals surface area (Å²) in [7, 11) is 0. The lowest BCUT2D eigenvalue weighted by Gasteiger charge is -2.14. The molecule has 2 amide bonds. The van der Waals surface area contributed by atoms with E-state index < -0.39 is 22.4 Å². The number of hydrogen-bond acceptors (Lipinski definition) is 7. The topological polar surface area (TPSA) is 135 Å². The van der Waals surface area contributed by atoms with E-state index in [1.165, 1.54) is 18.2 Å². The Kier molecular flexibility index (Phi) is 6.92. The maximum absolute atomic E-state index is 12.9. The number of hydrazine groups is 1. The van der Waals surface area contributed by atoms with Gasteiger partial charge in [0.1, 0.15) is 12.2 Å². The number of ether oxygens (including phenoxy) is 2. The molecule has 1 aliphatic heterocycles. The molecule has 1 fully saturated rings. The van der Waals surface area contributed by atoms with Gasteiger partial charge >= 0.3 is 5.69 Å². The highest BCUT2D eigenvalue weighted by Gasteiger charge is 2.35. The molecule has 0 unspecified atom stereocenters. The summed E-state index contributed by atoms with van der Waals surface area (Å²) in [6, 6.07) is 20.0. The molecule has 0 saturated carbocycles. The molecule has 3 aromatic carbocycles. The summed E-state index contributed by atoms with van der Waals surface area (Å²) in [4.78, 5) is 36.7. The molecule has 4 rings (SSSR count). The number of nitro groups is 1. The van der Waals surface area contributed by atoms with Crippen molar-refractivity contribution >= 4 is 29.3 Å². The van der Waals surface area contributed by atoms with E-state index in [1.54, 1.807) is 61.5 Å². The highest BCUT2D eigenvalue weighted by molar-refractivity contribution is 6.31. The van der Waals surface area contributed by atoms with Crippen molar-refractivity contribution in [1.82, 2.24) is 5.43 Å². The first-order valence-electron chi connectivity index (χ1n) is 10.9. The van der Waals surface area contributed by atoms with E-state index >= 15 is 0 Å². The van der Waals surface area contributed by atoms with Gasteiger partial charge in [-0.25, -0.2) is 5.01 Å². The summed E-state index contributed by atoms with van der Waals surface area (Å²) in [5.41, 5.74) is 3.51. The summed E-state index contributed by atoms with van der Waals surface area (Å²) < 4.78 is 11.4. The second-order valence-corrected chi connectivity index (χ2v) is 7.59. The van der Waals surface area contributed by atoms with Crippen LogP contribution in [0.2, 0.25) is 0 Å². The molecule has 0 atom stereocenters. The van der Waals surface area contributed by atoms with E-state index in [-0.39, 0.29) is 35.8 Å². The van der Waals surface area contributed by atoms with Gasteiger partial charge in [-0.3, -0.25) is 25.1 Å². The van der Waals surface area contributed by atoms with E-state index in [9.17, 15) is 25.0 Å². The van der Waals surface area contributed by atoms with Gasteiger partial charge in [-0.05, 0) is 42.8 Å². The number of amides is 2. The van der Waals surface area contributed by atoms with E-state index in [1.807, 2.05) is 0 Å². The van der Waals surface area contributed by atoms with Gasteiger partial charge < -0.3 is 9.47 Å². The van der Waals surface area contributed by atoms with Crippen LogP contribution in [0.4, 0.5) is 11.4 Å². The highest BCUT2D eigenvalue weighted by atomic mass is 16.6. The molecule has 0 spiro atoms. The molecular weight excluding hydrogens is 464 g/mol. The molecule has 0 bridgehead atoms. The normalized spacial score (nSPS) is 13.9. The van der Waals surface area contributed by atoms with Crippen LogP contribution < -0.4 is 19.9 Å². The minimum absolute atomic E-state index is 0.0683. The molecule has 180 valence electrons. The van der Waals surface area contributed by atoms with Gasteiger partial charge in [0.2, 0.25) is 5.75 Å². The molecule has 3 aromatic rings. The van der Waals surface area contributed by atoms with E-state index in [0.29, 0.717) is 16.8 Å². The van der Waals surface area contributed by atoms with Crippen molar-refractivity contribution in [2.24, 2.45) is 0 Å². The van der Waals surface area contributed by atoms with Gasteiger partial charge in [0.05, 0.1) is 28.9 Å². The lowest BCUT2D eigenvalue weighted by molar-refractivity contribution is -0.386. The first kappa shape index (κ1) is 24.0. The van der Waals surface area contributed by atoms with Crippen LogP contribution in [-0.2, 0) is 16.2 Å². The maximum atomic E-state index is 12.9. The van der Waals surface area contributed by atoms with Gasteiger partial charge in [0.15, 0.2) is 5.75 Å². The quantitative estimate of drug-likeness (QED) is 0.222. The molecule has 1 heterocycles. The number of carbonyl (C=O) groups is 2. The number of para-hydroxylation sites is 1. The van der Waals surface area contributed by atoms with Crippen LogP contribution >= 0.6 is 0 Å². The van der Waals surface area contributed by atoms with Crippen LogP contribution in [0.1, 0.15) is 23.6 Å². The van der Waals surface area contributed by atoms with Crippen molar-refractivity contribution in [3.63, 3.8) is 0 Å². The lowest BCUT2D eigenvalue weighted by Crippen LogP contribution is -2.35. The summed E-state index contributed by atoms with van der Waals surface area (Å²) >= 11 is 0. The van der Waals surface area contributed by atoms with E-state index in [0.717, 1.165) is 5.01 Å². The predicted molar refractivity (Wildman–Crippen MR) is 130 cm³/mol. The van der Waals surface area contributed by atoms with Gasteiger partial charge in [-0.2, -0.15) is 5.26 Å². The summed E-state index contributed by atoms with van der Waals surface area (Å²) in [5.74, 6) is -1.29. The molecule has 0 aromatic heterocycles. The van der Waals surface area contributed by atoms with Gasteiger partial charge in [0.25, 0.3) is 11.8 Å². The van der Waals surface area contributed by atoms with Crippen molar-refractivity contribution in [2.75, 3.05) is 11.6 Å². The summed E-state index contributed by atoms with van der Waals surface area (Å²) in [5, 5.41) is 22.3. The van der Waals surface area contributed by atoms with Crippen molar-refractivity contribution in [3.05, 3.63) is 99.1 Å². The average molecular weight is 484 g/mol. The van der Waals surface area contributed by atoms with Crippen LogP contribution in [0, 0.1) is 21.4 Å². The Balaban J connectivity index is 1.70. The smallest absolute Gasteiger partial charge is 0.315 e. The largest absolute Gasteiger partial charge is 0.490 e. The molecule has 0 radical (unpaired) electrons. The van der Waals surface area contributed by atoms with Crippen LogP contribution in [0.25, 0.3) is 6.08 Å². The van der Waals surface area contributed by atoms with Crippen molar-refractivity contribution in [3.8, 4) is 17.6 Å². The SMILES string of the molecule is CCOc1cc(/C=C2/C(=O)NN(c3ccccc3)C2=O)cc([N+](=O)[O-])c1OCc1ccccc1C#N. The molecule has 1 saturated heterocycles. The zero-order valence-electron chi connectivity index (χ0n) is 19.1. The van der Waals surface area contributed by atoms with Crippen LogP contribution in [-0.4, -0.2) is 23.3 Å². The fourth-order valence-corrected chi connectivity index (χ4v) is 3.62. The van der Waals surface area contributed by atoms with Crippen LogP contribution in [0.5, 0.6) is 11.5 Å². The number of anilines is 1. The number of nitrogens with zero attached hydrogens (tertiary/aromatic N) is 3. The number of carbonyl (C=O) groups excluding carboxylic acids is 2. The fraction of sp³-hybridized carbons (Fsp3) is 0.115. The number of hydrogen-bond donors (Lipinski definition) is 1. The molecule has 1 aliphatic rings. The fourth-order valence-electron chi connectivity index (χ4n) is 3.62. The molecule has 0 aliphatic carbocycles. The lowest BCUT2D eigenvalue weighted by atomic mass is 10.1. The van der Waals surface area contributed by atoms with Gasteiger partial charge in [-0.1, -0.05) is 36.4 Å². The third-order valence-corrected chi connectivity index (χ3v) is 5.28. The third kappa shape index (κ3) is 4.85. The average Bonchev–Trinajstić information content (AvgIpc) is 3.17. The Bertz CT molecular complexity index is 1410. The Hall–Kier alpha value is -5.17. The highest BCUT2D eigenvalue weighted by Crippen LogP contribution is 2.40. The number of rotatable bonds is 8. The monoisotopic (exact) mass is 484 g/mol. The van der Waals surface area contributed by atoms with Crippen molar-refractivity contribution < 1.29 is 24.0 Å². The first-order chi connectivity index (χ1) is 17.4. The second kappa shape index (κ2) is 10.4. The maximum Gasteiger partial charge on any atom is 0.315 e.